The molecule has 0 radical (unpaired) electrons. The van der Waals surface area contributed by atoms with Crippen LogP contribution in [0.15, 0.2) is 47.8 Å². The molecule has 1 N–H and O–H groups in total. The van der Waals surface area contributed by atoms with Crippen LogP contribution in [0.2, 0.25) is 0 Å². The average molecular weight is 370 g/mol. The lowest BCUT2D eigenvalue weighted by Gasteiger charge is -2.36. The van der Waals surface area contributed by atoms with Gasteiger partial charge in [-0.1, -0.05) is 31.2 Å². The molecule has 2 aromatic heterocycles. The first-order valence-electron chi connectivity index (χ1n) is 9.28. The van der Waals surface area contributed by atoms with Gasteiger partial charge in [-0.2, -0.15) is 0 Å². The molecule has 1 saturated heterocycles. The number of piperazine rings is 1. The Labute approximate surface area is 158 Å². The molecular weight excluding hydrogens is 344 g/mol. The fraction of sp³-hybridized carbons (Fsp3) is 0.421. The summed E-state index contributed by atoms with van der Waals surface area (Å²) in [5.41, 5.74) is 1.32. The van der Waals surface area contributed by atoms with Crippen LogP contribution in [0.1, 0.15) is 30.1 Å². The molecule has 0 unspecified atom stereocenters. The van der Waals surface area contributed by atoms with Crippen LogP contribution in [0.3, 0.4) is 0 Å². The maximum Gasteiger partial charge on any atom is 0.209 e. The maximum atomic E-state index is 4.39. The van der Waals surface area contributed by atoms with Crippen molar-refractivity contribution < 1.29 is 4.90 Å². The topological polar surface area (TPSA) is 51.3 Å². The zero-order chi connectivity index (χ0) is 17.8. The van der Waals surface area contributed by atoms with Crippen molar-refractivity contribution in [2.75, 3.05) is 31.1 Å². The van der Waals surface area contributed by atoms with Crippen molar-refractivity contribution in [1.82, 2.24) is 20.2 Å². The van der Waals surface area contributed by atoms with E-state index in [2.05, 4.69) is 75.2 Å². The van der Waals surface area contributed by atoms with Crippen molar-refractivity contribution in [3.63, 3.8) is 0 Å². The van der Waals surface area contributed by atoms with Crippen LogP contribution in [-0.4, -0.2) is 46.4 Å². The van der Waals surface area contributed by atoms with Crippen molar-refractivity contribution in [1.29, 1.82) is 0 Å². The molecule has 1 aliphatic heterocycles. The number of tetrazole rings is 1. The monoisotopic (exact) mass is 369 g/mol. The molecule has 26 heavy (non-hydrogen) atoms. The summed E-state index contributed by atoms with van der Waals surface area (Å²) in [6.45, 7) is 7.37. The second kappa shape index (κ2) is 7.97. The summed E-state index contributed by atoms with van der Waals surface area (Å²) in [6, 6.07) is 15.3. The number of thiophene rings is 1. The van der Waals surface area contributed by atoms with Crippen molar-refractivity contribution in [3.8, 4) is 0 Å². The van der Waals surface area contributed by atoms with Crippen LogP contribution in [0.4, 0.5) is 5.69 Å². The minimum atomic E-state index is 0.350. The summed E-state index contributed by atoms with van der Waals surface area (Å²) >= 11 is 1.75. The molecule has 7 heteroatoms. The number of nitrogens with one attached hydrogen (secondary N) is 1. The lowest BCUT2D eigenvalue weighted by atomic mass is 10.1. The minimum Gasteiger partial charge on any atom is -0.360 e. The number of hydrogen-bond donors (Lipinski definition) is 1. The SMILES string of the molecule is CC[C@@H](c1nnnn1Cc1cccs1)[NH+]1CCN(c2ccccc2)CC1. The molecule has 0 saturated carbocycles. The number of hydrogen-bond acceptors (Lipinski definition) is 5. The van der Waals surface area contributed by atoms with Gasteiger partial charge in [0.25, 0.3) is 0 Å². The van der Waals surface area contributed by atoms with Gasteiger partial charge in [-0.3, -0.25) is 0 Å². The molecule has 6 nitrogen and oxygen atoms in total. The summed E-state index contributed by atoms with van der Waals surface area (Å²) in [5, 5.41) is 14.7. The van der Waals surface area contributed by atoms with Gasteiger partial charge in [-0.25, -0.2) is 4.68 Å². The van der Waals surface area contributed by atoms with E-state index in [1.807, 2.05) is 4.68 Å². The number of aromatic nitrogens is 4. The molecule has 0 aliphatic carbocycles. The molecule has 1 aliphatic rings. The maximum absolute atomic E-state index is 4.39. The summed E-state index contributed by atoms with van der Waals surface area (Å²) in [5.74, 6) is 1.02. The highest BCUT2D eigenvalue weighted by atomic mass is 32.1. The van der Waals surface area contributed by atoms with Gasteiger partial charge >= 0.3 is 0 Å². The zero-order valence-corrected chi connectivity index (χ0v) is 15.9. The van der Waals surface area contributed by atoms with E-state index in [-0.39, 0.29) is 0 Å². The van der Waals surface area contributed by atoms with Gasteiger partial charge in [0.15, 0.2) is 0 Å². The fourth-order valence-corrected chi connectivity index (χ4v) is 4.50. The third kappa shape index (κ3) is 3.64. The highest BCUT2D eigenvalue weighted by Crippen LogP contribution is 2.16. The Kier molecular flexibility index (Phi) is 5.26. The van der Waals surface area contributed by atoms with Gasteiger partial charge in [0.2, 0.25) is 5.82 Å². The van der Waals surface area contributed by atoms with E-state index >= 15 is 0 Å². The predicted molar refractivity (Wildman–Crippen MR) is 104 cm³/mol. The van der Waals surface area contributed by atoms with Gasteiger partial charge in [0.1, 0.15) is 6.04 Å². The molecule has 1 aromatic carbocycles. The van der Waals surface area contributed by atoms with E-state index in [0.717, 1.165) is 45.0 Å². The molecule has 0 amide bonds. The molecular formula is C19H25N6S+. The van der Waals surface area contributed by atoms with E-state index in [4.69, 9.17) is 0 Å². The molecule has 3 heterocycles. The van der Waals surface area contributed by atoms with Gasteiger partial charge in [-0.15, -0.1) is 16.4 Å². The number of benzene rings is 1. The van der Waals surface area contributed by atoms with Crippen LogP contribution < -0.4 is 9.80 Å². The highest BCUT2D eigenvalue weighted by Gasteiger charge is 2.31. The Balaban J connectivity index is 1.45. The molecule has 3 aromatic rings. The summed E-state index contributed by atoms with van der Waals surface area (Å²) in [7, 11) is 0. The van der Waals surface area contributed by atoms with Gasteiger partial charge in [0, 0.05) is 17.0 Å². The lowest BCUT2D eigenvalue weighted by Crippen LogP contribution is -3.15. The van der Waals surface area contributed by atoms with E-state index < -0.39 is 0 Å². The van der Waals surface area contributed by atoms with Gasteiger partial charge in [-0.05, 0) is 34.0 Å². The zero-order valence-electron chi connectivity index (χ0n) is 15.1. The summed E-state index contributed by atoms with van der Waals surface area (Å²) in [4.78, 5) is 5.35. The molecule has 0 spiro atoms. The summed E-state index contributed by atoms with van der Waals surface area (Å²) in [6.07, 6.45) is 1.05. The Bertz CT molecular complexity index is 793. The van der Waals surface area contributed by atoms with Gasteiger partial charge < -0.3 is 9.80 Å². The second-order valence-corrected chi connectivity index (χ2v) is 7.75. The van der Waals surface area contributed by atoms with Crippen LogP contribution in [-0.2, 0) is 6.54 Å². The molecule has 0 bridgehead atoms. The molecule has 4 rings (SSSR count). The van der Waals surface area contributed by atoms with E-state index in [0.29, 0.717) is 6.04 Å². The fourth-order valence-electron chi connectivity index (χ4n) is 3.82. The molecule has 1 fully saturated rings. The van der Waals surface area contributed by atoms with Crippen molar-refractivity contribution >= 4 is 17.0 Å². The van der Waals surface area contributed by atoms with Crippen LogP contribution in [0, 0.1) is 0 Å². The number of rotatable bonds is 6. The van der Waals surface area contributed by atoms with Crippen LogP contribution in [0.5, 0.6) is 0 Å². The first-order valence-corrected chi connectivity index (χ1v) is 10.2. The third-order valence-corrected chi connectivity index (χ3v) is 6.05. The summed E-state index contributed by atoms with van der Waals surface area (Å²) < 4.78 is 1.98. The largest absolute Gasteiger partial charge is 0.360 e. The van der Waals surface area contributed by atoms with E-state index in [1.54, 1.807) is 16.2 Å². The van der Waals surface area contributed by atoms with E-state index in [1.165, 1.54) is 10.6 Å². The predicted octanol–water partition coefficient (Wildman–Crippen LogP) is 1.64. The van der Waals surface area contributed by atoms with Crippen LogP contribution >= 0.6 is 11.3 Å². The Hall–Kier alpha value is -2.25. The number of nitrogens with zero attached hydrogens (tertiary/aromatic N) is 5. The standard InChI is InChI=1S/C19H24N6S/c1-2-18(19-20-21-22-25(19)15-17-9-6-14-26-17)24-12-10-23(11-13-24)16-7-4-3-5-8-16/h3-9,14,18H,2,10-13,15H2,1H3/p+1/t18-/m0/s1. The normalized spacial score (nSPS) is 16.7. The highest BCUT2D eigenvalue weighted by molar-refractivity contribution is 7.09. The van der Waals surface area contributed by atoms with Gasteiger partial charge in [0.05, 0.1) is 32.7 Å². The number of anilines is 1. The third-order valence-electron chi connectivity index (χ3n) is 5.19. The average Bonchev–Trinajstić information content (AvgIpc) is 3.37. The van der Waals surface area contributed by atoms with Crippen molar-refractivity contribution in [3.05, 3.63) is 58.5 Å². The molecule has 136 valence electrons. The van der Waals surface area contributed by atoms with Crippen molar-refractivity contribution in [2.45, 2.75) is 25.9 Å². The first kappa shape index (κ1) is 17.2. The Morgan fingerprint density at radius 1 is 1.12 bits per heavy atom. The number of quaternary nitrogens is 1. The second-order valence-electron chi connectivity index (χ2n) is 6.72. The van der Waals surface area contributed by atoms with Crippen molar-refractivity contribution in [2.24, 2.45) is 0 Å². The minimum absolute atomic E-state index is 0.350. The smallest absolute Gasteiger partial charge is 0.209 e. The van der Waals surface area contributed by atoms with Crippen LogP contribution in [0.25, 0.3) is 0 Å². The lowest BCUT2D eigenvalue weighted by molar-refractivity contribution is -0.933. The molecule has 1 atom stereocenters. The Morgan fingerprint density at radius 2 is 1.92 bits per heavy atom. The van der Waals surface area contributed by atoms with E-state index in [9.17, 15) is 0 Å². The first-order chi connectivity index (χ1) is 12.8. The Morgan fingerprint density at radius 3 is 2.62 bits per heavy atom. The number of para-hydroxylation sites is 1. The quantitative estimate of drug-likeness (QED) is 0.718.